The summed E-state index contributed by atoms with van der Waals surface area (Å²) in [6.45, 7) is 1.00. The molecule has 0 spiro atoms. The largest absolute Gasteiger partial charge is 0.497 e. The Labute approximate surface area is 205 Å². The van der Waals surface area contributed by atoms with E-state index in [2.05, 4.69) is 112 Å². The SMILES string of the molecule is COc1ccc2cc(-c3cn(C(c4ccccc4)(c4ccccc4)[C@@H]4CCCN4)nn3)ccc2c1. The highest BCUT2D eigenvalue weighted by Gasteiger charge is 2.46. The fraction of sp³-hybridized carbons (Fsp3) is 0.200. The van der Waals surface area contributed by atoms with Gasteiger partial charge < -0.3 is 10.1 Å². The highest BCUT2D eigenvalue weighted by atomic mass is 16.5. The standard InChI is InChI=1S/C30H28N4O/c1-35-27-17-16-22-19-24(15-14-23(22)20-27)28-21-34(33-32-28)30(29-13-8-18-31-29,25-9-4-2-5-10-25)26-11-6-3-7-12-26/h2-7,9-12,14-17,19-21,29,31H,8,13,18H2,1H3/t29-/m0/s1. The van der Waals surface area contributed by atoms with Crippen LogP contribution in [0.3, 0.4) is 0 Å². The van der Waals surface area contributed by atoms with Gasteiger partial charge in [0.15, 0.2) is 0 Å². The first-order chi connectivity index (χ1) is 17.3. The second-order valence-corrected chi connectivity index (χ2v) is 9.12. The van der Waals surface area contributed by atoms with Crippen LogP contribution in [0.5, 0.6) is 5.75 Å². The van der Waals surface area contributed by atoms with Gasteiger partial charge in [0.05, 0.1) is 13.3 Å². The molecule has 1 N–H and O–H groups in total. The van der Waals surface area contributed by atoms with Crippen molar-refractivity contribution in [3.8, 4) is 17.0 Å². The van der Waals surface area contributed by atoms with Crippen molar-refractivity contribution in [2.45, 2.75) is 24.4 Å². The van der Waals surface area contributed by atoms with E-state index in [0.29, 0.717) is 0 Å². The van der Waals surface area contributed by atoms with Crippen LogP contribution in [-0.4, -0.2) is 34.7 Å². The number of hydrogen-bond donors (Lipinski definition) is 1. The number of aromatic nitrogens is 3. The lowest BCUT2D eigenvalue weighted by Gasteiger charge is -2.40. The summed E-state index contributed by atoms with van der Waals surface area (Å²) in [7, 11) is 1.69. The summed E-state index contributed by atoms with van der Waals surface area (Å²) in [5.41, 5.74) is 3.80. The molecule has 1 saturated heterocycles. The Morgan fingerprint density at radius 2 is 1.54 bits per heavy atom. The lowest BCUT2D eigenvalue weighted by atomic mass is 9.76. The molecule has 1 aliphatic rings. The first-order valence-corrected chi connectivity index (χ1v) is 12.1. The van der Waals surface area contributed by atoms with Gasteiger partial charge in [0.1, 0.15) is 17.0 Å². The molecular formula is C30H28N4O. The van der Waals surface area contributed by atoms with Gasteiger partial charge in [0, 0.05) is 11.6 Å². The molecule has 1 fully saturated rings. The molecule has 0 saturated carbocycles. The van der Waals surface area contributed by atoms with Crippen LogP contribution in [0, 0.1) is 0 Å². The molecule has 2 heterocycles. The molecule has 4 aromatic carbocycles. The number of nitrogens with zero attached hydrogens (tertiary/aromatic N) is 3. The van der Waals surface area contributed by atoms with Gasteiger partial charge in [-0.3, -0.25) is 0 Å². The van der Waals surface area contributed by atoms with Crippen molar-refractivity contribution in [1.29, 1.82) is 0 Å². The Hall–Kier alpha value is -3.96. The minimum absolute atomic E-state index is 0.200. The third-order valence-electron chi connectivity index (χ3n) is 7.19. The van der Waals surface area contributed by atoms with Gasteiger partial charge in [-0.05, 0) is 59.5 Å². The van der Waals surface area contributed by atoms with Crippen LogP contribution < -0.4 is 10.1 Å². The quantitative estimate of drug-likeness (QED) is 0.356. The van der Waals surface area contributed by atoms with Crippen molar-refractivity contribution in [1.82, 2.24) is 20.3 Å². The van der Waals surface area contributed by atoms with Gasteiger partial charge in [0.25, 0.3) is 0 Å². The molecule has 1 atom stereocenters. The average molecular weight is 461 g/mol. The van der Waals surface area contributed by atoms with Gasteiger partial charge in [-0.15, -0.1) is 5.10 Å². The summed E-state index contributed by atoms with van der Waals surface area (Å²) in [6, 6.07) is 34.1. The van der Waals surface area contributed by atoms with Crippen molar-refractivity contribution >= 4 is 10.8 Å². The molecule has 5 heteroatoms. The van der Waals surface area contributed by atoms with Crippen LogP contribution in [0.2, 0.25) is 0 Å². The second kappa shape index (κ2) is 9.01. The van der Waals surface area contributed by atoms with Gasteiger partial charge >= 0.3 is 0 Å². The third kappa shape index (κ3) is 3.69. The van der Waals surface area contributed by atoms with E-state index in [-0.39, 0.29) is 6.04 Å². The zero-order valence-corrected chi connectivity index (χ0v) is 19.8. The Morgan fingerprint density at radius 1 is 0.857 bits per heavy atom. The predicted octanol–water partition coefficient (Wildman–Crippen LogP) is 5.65. The smallest absolute Gasteiger partial charge is 0.129 e. The second-order valence-electron chi connectivity index (χ2n) is 9.12. The van der Waals surface area contributed by atoms with Gasteiger partial charge in [0.2, 0.25) is 0 Å². The summed E-state index contributed by atoms with van der Waals surface area (Å²) in [5.74, 6) is 0.857. The normalized spacial score (nSPS) is 16.0. The summed E-state index contributed by atoms with van der Waals surface area (Å²) < 4.78 is 7.46. The number of rotatable bonds is 6. The van der Waals surface area contributed by atoms with Crippen molar-refractivity contribution in [3.63, 3.8) is 0 Å². The minimum Gasteiger partial charge on any atom is -0.497 e. The maximum absolute atomic E-state index is 5.38. The average Bonchev–Trinajstić information content (AvgIpc) is 3.64. The molecule has 5 nitrogen and oxygen atoms in total. The van der Waals surface area contributed by atoms with Crippen LogP contribution in [0.4, 0.5) is 0 Å². The summed E-state index contributed by atoms with van der Waals surface area (Å²) in [4.78, 5) is 0. The molecule has 0 radical (unpaired) electrons. The van der Waals surface area contributed by atoms with Crippen LogP contribution in [0.15, 0.2) is 103 Å². The van der Waals surface area contributed by atoms with Gasteiger partial charge in [-0.1, -0.05) is 84.1 Å². The predicted molar refractivity (Wildman–Crippen MR) is 140 cm³/mol. The number of hydrogen-bond acceptors (Lipinski definition) is 4. The highest BCUT2D eigenvalue weighted by Crippen LogP contribution is 2.40. The Bertz CT molecular complexity index is 1400. The van der Waals surface area contributed by atoms with Gasteiger partial charge in [-0.25, -0.2) is 4.68 Å². The highest BCUT2D eigenvalue weighted by molar-refractivity contribution is 5.87. The minimum atomic E-state index is -0.505. The molecule has 5 aromatic rings. The number of ether oxygens (including phenoxy) is 1. The topological polar surface area (TPSA) is 52.0 Å². The fourth-order valence-electron chi connectivity index (χ4n) is 5.50. The van der Waals surface area contributed by atoms with E-state index in [4.69, 9.17) is 9.95 Å². The van der Waals surface area contributed by atoms with Crippen LogP contribution in [0.1, 0.15) is 24.0 Å². The van der Waals surface area contributed by atoms with Crippen LogP contribution in [0.25, 0.3) is 22.0 Å². The maximum atomic E-state index is 5.38. The molecule has 6 rings (SSSR count). The zero-order valence-electron chi connectivity index (χ0n) is 19.8. The molecule has 1 aliphatic heterocycles. The number of nitrogens with one attached hydrogen (secondary N) is 1. The first kappa shape index (κ1) is 21.6. The van der Waals surface area contributed by atoms with Crippen molar-refractivity contribution in [2.24, 2.45) is 0 Å². The fourth-order valence-corrected chi connectivity index (χ4v) is 5.50. The van der Waals surface area contributed by atoms with E-state index >= 15 is 0 Å². The van der Waals surface area contributed by atoms with Crippen molar-refractivity contribution in [3.05, 3.63) is 114 Å². The molecule has 35 heavy (non-hydrogen) atoms. The molecular weight excluding hydrogens is 432 g/mol. The van der Waals surface area contributed by atoms with E-state index in [0.717, 1.165) is 47.2 Å². The third-order valence-corrected chi connectivity index (χ3v) is 7.19. The number of benzene rings is 4. The molecule has 174 valence electrons. The van der Waals surface area contributed by atoms with E-state index in [1.807, 2.05) is 6.07 Å². The molecule has 1 aromatic heterocycles. The Balaban J connectivity index is 1.52. The Morgan fingerprint density at radius 3 is 2.20 bits per heavy atom. The first-order valence-electron chi connectivity index (χ1n) is 12.1. The summed E-state index contributed by atoms with van der Waals surface area (Å²) in [5, 5.41) is 15.5. The zero-order chi connectivity index (χ0) is 23.7. The lowest BCUT2D eigenvalue weighted by molar-refractivity contribution is 0.289. The van der Waals surface area contributed by atoms with Crippen LogP contribution in [-0.2, 0) is 5.54 Å². The van der Waals surface area contributed by atoms with E-state index in [1.54, 1.807) is 7.11 Å². The number of methoxy groups -OCH3 is 1. The molecule has 0 unspecified atom stereocenters. The Kier molecular flexibility index (Phi) is 5.55. The van der Waals surface area contributed by atoms with E-state index in [9.17, 15) is 0 Å². The van der Waals surface area contributed by atoms with E-state index in [1.165, 1.54) is 11.1 Å². The molecule has 0 bridgehead atoms. The lowest BCUT2D eigenvalue weighted by Crippen LogP contribution is -2.51. The van der Waals surface area contributed by atoms with Crippen molar-refractivity contribution in [2.75, 3.05) is 13.7 Å². The summed E-state index contributed by atoms with van der Waals surface area (Å²) in [6.07, 6.45) is 4.31. The molecule has 0 aliphatic carbocycles. The van der Waals surface area contributed by atoms with E-state index < -0.39 is 5.54 Å². The number of fused-ring (bicyclic) bond motifs is 1. The summed E-state index contributed by atoms with van der Waals surface area (Å²) >= 11 is 0. The monoisotopic (exact) mass is 460 g/mol. The maximum Gasteiger partial charge on any atom is 0.129 e. The van der Waals surface area contributed by atoms with Crippen molar-refractivity contribution < 1.29 is 4.74 Å². The molecule has 0 amide bonds. The van der Waals surface area contributed by atoms with Crippen LogP contribution >= 0.6 is 0 Å². The van der Waals surface area contributed by atoms with Gasteiger partial charge in [-0.2, -0.15) is 0 Å².